The van der Waals surface area contributed by atoms with Crippen LogP contribution in [0.15, 0.2) is 36.7 Å². The lowest BCUT2D eigenvalue weighted by molar-refractivity contribution is 0.234. The van der Waals surface area contributed by atoms with Crippen molar-refractivity contribution >= 4 is 0 Å². The quantitative estimate of drug-likeness (QED) is 0.0656. The largest absolute Gasteiger partial charge is 0.490 e. The van der Waals surface area contributed by atoms with E-state index in [1.54, 1.807) is 0 Å². The Morgan fingerprint density at radius 3 is 0.980 bits per heavy atom. The third kappa shape index (κ3) is 23.9. The van der Waals surface area contributed by atoms with Crippen molar-refractivity contribution in [3.05, 3.63) is 36.7 Å². The van der Waals surface area contributed by atoms with E-state index in [1.807, 2.05) is 12.4 Å². The second-order valence-corrected chi connectivity index (χ2v) is 15.1. The first-order valence-electron chi connectivity index (χ1n) is 22.3. The van der Waals surface area contributed by atoms with Gasteiger partial charge in [0, 0.05) is 12.4 Å². The van der Waals surface area contributed by atoms with Gasteiger partial charge >= 0.3 is 0 Å². The number of benzene rings is 1. The number of unbranched alkanes of at least 4 members (excludes halogenated alkanes) is 27. The fourth-order valence-corrected chi connectivity index (χ4v) is 6.95. The number of aromatic nitrogens is 1. The lowest BCUT2D eigenvalue weighted by Gasteiger charge is -2.19. The zero-order valence-corrected chi connectivity index (χ0v) is 34.0. The van der Waals surface area contributed by atoms with E-state index in [4.69, 9.17) is 14.2 Å². The molecule has 0 saturated carbocycles. The molecular formula is C47H81NO3. The molecule has 0 spiro atoms. The number of hydrogen-bond acceptors (Lipinski definition) is 4. The van der Waals surface area contributed by atoms with Gasteiger partial charge in [-0.15, -0.1) is 0 Å². The van der Waals surface area contributed by atoms with Crippen molar-refractivity contribution in [3.8, 4) is 28.4 Å². The zero-order chi connectivity index (χ0) is 36.3. The molecule has 1 aromatic carbocycles. The Bertz CT molecular complexity index is 978. The van der Waals surface area contributed by atoms with E-state index in [0.29, 0.717) is 19.8 Å². The summed E-state index contributed by atoms with van der Waals surface area (Å²) in [6, 6.07) is 8.45. The summed E-state index contributed by atoms with van der Waals surface area (Å²) < 4.78 is 19.7. The molecule has 2 aromatic rings. The average Bonchev–Trinajstić information content (AvgIpc) is 3.15. The minimum atomic E-state index is 0.703. The standard InChI is InChI=1S/C47H81NO3/c1-4-7-10-13-16-19-22-25-28-31-38-49-45-41-44(43-34-36-48-37-35-43)42-46(50-39-32-29-26-23-20-17-14-11-8-5-2)47(45)51-40-33-30-27-24-21-18-15-12-9-6-3/h34-37,41-42H,4-33,38-40H2,1-3H3. The Balaban J connectivity index is 1.95. The third-order valence-electron chi connectivity index (χ3n) is 10.3. The Labute approximate surface area is 316 Å². The van der Waals surface area contributed by atoms with Gasteiger partial charge in [0.05, 0.1) is 19.8 Å². The van der Waals surface area contributed by atoms with Crippen molar-refractivity contribution in [2.24, 2.45) is 0 Å². The molecule has 51 heavy (non-hydrogen) atoms. The van der Waals surface area contributed by atoms with Crippen LogP contribution in [0.25, 0.3) is 11.1 Å². The van der Waals surface area contributed by atoms with Gasteiger partial charge < -0.3 is 14.2 Å². The van der Waals surface area contributed by atoms with Crippen LogP contribution in [-0.2, 0) is 0 Å². The molecule has 2 rings (SSSR count). The molecule has 0 unspecified atom stereocenters. The minimum absolute atomic E-state index is 0.703. The van der Waals surface area contributed by atoms with Crippen molar-refractivity contribution in [1.29, 1.82) is 0 Å². The molecule has 0 amide bonds. The predicted octanol–water partition coefficient (Wildman–Crippen LogP) is 15.6. The minimum Gasteiger partial charge on any atom is -0.490 e. The number of pyridine rings is 1. The fraction of sp³-hybridized carbons (Fsp3) is 0.766. The summed E-state index contributed by atoms with van der Waals surface area (Å²) >= 11 is 0. The maximum Gasteiger partial charge on any atom is 0.203 e. The fourth-order valence-electron chi connectivity index (χ4n) is 6.95. The van der Waals surface area contributed by atoms with Crippen molar-refractivity contribution < 1.29 is 14.2 Å². The number of ether oxygens (including phenoxy) is 3. The third-order valence-corrected chi connectivity index (χ3v) is 10.3. The number of nitrogens with zero attached hydrogens (tertiary/aromatic N) is 1. The van der Waals surface area contributed by atoms with Gasteiger partial charge in [-0.3, -0.25) is 4.98 Å². The highest BCUT2D eigenvalue weighted by Gasteiger charge is 2.17. The molecule has 0 bridgehead atoms. The van der Waals surface area contributed by atoms with Crippen LogP contribution < -0.4 is 14.2 Å². The molecule has 0 radical (unpaired) electrons. The van der Waals surface area contributed by atoms with Crippen LogP contribution in [-0.4, -0.2) is 24.8 Å². The van der Waals surface area contributed by atoms with Crippen LogP contribution in [0, 0.1) is 0 Å². The summed E-state index contributed by atoms with van der Waals surface area (Å²) in [5, 5.41) is 0. The maximum atomic E-state index is 6.57. The highest BCUT2D eigenvalue weighted by atomic mass is 16.5. The van der Waals surface area contributed by atoms with Crippen molar-refractivity contribution in [3.63, 3.8) is 0 Å². The van der Waals surface area contributed by atoms with Gasteiger partial charge in [-0.25, -0.2) is 0 Å². The van der Waals surface area contributed by atoms with Crippen molar-refractivity contribution in [1.82, 2.24) is 4.98 Å². The van der Waals surface area contributed by atoms with Gasteiger partial charge in [-0.2, -0.15) is 0 Å². The Kier molecular flexibility index (Phi) is 29.6. The molecule has 0 N–H and O–H groups in total. The van der Waals surface area contributed by atoms with E-state index < -0.39 is 0 Å². The van der Waals surface area contributed by atoms with Crippen LogP contribution in [0.2, 0.25) is 0 Å². The second-order valence-electron chi connectivity index (χ2n) is 15.1. The first-order valence-corrected chi connectivity index (χ1v) is 22.3. The average molecular weight is 708 g/mol. The number of rotatable bonds is 37. The molecule has 1 aromatic heterocycles. The molecule has 1 heterocycles. The zero-order valence-electron chi connectivity index (χ0n) is 34.0. The van der Waals surface area contributed by atoms with E-state index in [9.17, 15) is 0 Å². The van der Waals surface area contributed by atoms with Crippen LogP contribution in [0.5, 0.6) is 17.2 Å². The number of hydrogen-bond donors (Lipinski definition) is 0. The normalized spacial score (nSPS) is 11.3. The van der Waals surface area contributed by atoms with Gasteiger partial charge in [0.25, 0.3) is 0 Å². The second kappa shape index (κ2) is 33.6. The molecule has 0 aliphatic heterocycles. The molecule has 4 heteroatoms. The van der Waals surface area contributed by atoms with Gasteiger partial charge in [-0.1, -0.05) is 194 Å². The van der Waals surface area contributed by atoms with E-state index >= 15 is 0 Å². The van der Waals surface area contributed by atoms with Gasteiger partial charge in [0.15, 0.2) is 11.5 Å². The summed E-state index contributed by atoms with van der Waals surface area (Å²) in [5.74, 6) is 2.44. The Morgan fingerprint density at radius 2 is 0.647 bits per heavy atom. The molecule has 0 saturated heterocycles. The van der Waals surface area contributed by atoms with Crippen molar-refractivity contribution in [2.75, 3.05) is 19.8 Å². The SMILES string of the molecule is CCCCCCCCCCCCOc1cc(-c2ccncc2)cc(OCCCCCCCCCCCC)c1OCCCCCCCCCCCC. The van der Waals surface area contributed by atoms with Gasteiger partial charge in [0.2, 0.25) is 5.75 Å². The summed E-state index contributed by atoms with van der Waals surface area (Å²) in [6.45, 7) is 9.00. The summed E-state index contributed by atoms with van der Waals surface area (Å²) in [6.07, 6.45) is 43.3. The van der Waals surface area contributed by atoms with E-state index in [-0.39, 0.29) is 0 Å². The van der Waals surface area contributed by atoms with E-state index in [2.05, 4.69) is 50.0 Å². The molecule has 292 valence electrons. The van der Waals surface area contributed by atoms with Crippen LogP contribution >= 0.6 is 0 Å². The molecule has 0 aliphatic carbocycles. The Morgan fingerprint density at radius 1 is 0.353 bits per heavy atom. The lowest BCUT2D eigenvalue weighted by Crippen LogP contribution is -2.07. The lowest BCUT2D eigenvalue weighted by atomic mass is 10.1. The Hall–Kier alpha value is -2.23. The summed E-state index contributed by atoms with van der Waals surface area (Å²) in [4.78, 5) is 4.26. The molecular weight excluding hydrogens is 627 g/mol. The van der Waals surface area contributed by atoms with Gasteiger partial charge in [0.1, 0.15) is 0 Å². The first kappa shape index (κ1) is 44.9. The molecule has 0 atom stereocenters. The van der Waals surface area contributed by atoms with E-state index in [0.717, 1.165) is 47.6 Å². The summed E-state index contributed by atoms with van der Waals surface area (Å²) in [5.41, 5.74) is 2.22. The monoisotopic (exact) mass is 708 g/mol. The van der Waals surface area contributed by atoms with E-state index in [1.165, 1.54) is 173 Å². The molecule has 0 fully saturated rings. The van der Waals surface area contributed by atoms with Crippen LogP contribution in [0.4, 0.5) is 0 Å². The highest BCUT2D eigenvalue weighted by molar-refractivity contribution is 5.70. The smallest absolute Gasteiger partial charge is 0.203 e. The molecule has 0 aliphatic rings. The molecule has 4 nitrogen and oxygen atoms in total. The highest BCUT2D eigenvalue weighted by Crippen LogP contribution is 2.42. The van der Waals surface area contributed by atoms with Crippen LogP contribution in [0.1, 0.15) is 213 Å². The van der Waals surface area contributed by atoms with Crippen LogP contribution in [0.3, 0.4) is 0 Å². The van der Waals surface area contributed by atoms with Crippen molar-refractivity contribution in [2.45, 2.75) is 213 Å². The topological polar surface area (TPSA) is 40.6 Å². The van der Waals surface area contributed by atoms with Gasteiger partial charge in [-0.05, 0) is 54.7 Å². The summed E-state index contributed by atoms with van der Waals surface area (Å²) in [7, 11) is 0. The first-order chi connectivity index (χ1) is 25.3. The predicted molar refractivity (Wildman–Crippen MR) is 222 cm³/mol. The maximum absolute atomic E-state index is 6.57.